The predicted octanol–water partition coefficient (Wildman–Crippen LogP) is 2.75. The Morgan fingerprint density at radius 1 is 1.20 bits per heavy atom. The van der Waals surface area contributed by atoms with Crippen LogP contribution in [0.2, 0.25) is 0 Å². The maximum absolute atomic E-state index is 13.0. The first-order valence-electron chi connectivity index (χ1n) is 6.71. The first-order chi connectivity index (χ1) is 9.75. The highest BCUT2D eigenvalue weighted by molar-refractivity contribution is 5.61. The monoisotopic (exact) mass is 274 g/mol. The van der Waals surface area contributed by atoms with Crippen molar-refractivity contribution in [2.75, 3.05) is 6.61 Å². The van der Waals surface area contributed by atoms with Crippen LogP contribution in [-0.2, 0) is 4.74 Å². The molecule has 0 aliphatic carbocycles. The number of ether oxygens (including phenoxy) is 1. The second-order valence-corrected chi connectivity index (χ2v) is 4.82. The molecular formula is C15H15FN2O2. The Hall–Kier alpha value is -2.01. The summed E-state index contributed by atoms with van der Waals surface area (Å²) in [6.45, 7) is 0.652. The van der Waals surface area contributed by atoms with Crippen molar-refractivity contribution in [3.63, 3.8) is 0 Å². The minimum atomic E-state index is -0.321. The topological polar surface area (TPSA) is 44.1 Å². The van der Waals surface area contributed by atoms with E-state index in [1.54, 1.807) is 24.4 Å². The van der Waals surface area contributed by atoms with E-state index in [9.17, 15) is 9.18 Å². The zero-order valence-electron chi connectivity index (χ0n) is 11.0. The molecule has 2 aromatic rings. The average Bonchev–Trinajstić information content (AvgIpc) is 2.49. The highest BCUT2D eigenvalue weighted by Crippen LogP contribution is 2.21. The minimum absolute atomic E-state index is 0.203. The summed E-state index contributed by atoms with van der Waals surface area (Å²) in [6, 6.07) is 7.53. The summed E-state index contributed by atoms with van der Waals surface area (Å²) in [5.41, 5.74) is 0.989. The van der Waals surface area contributed by atoms with Crippen LogP contribution in [0.4, 0.5) is 4.39 Å². The van der Waals surface area contributed by atoms with Crippen LogP contribution in [0.25, 0.3) is 11.1 Å². The number of nitrogens with zero attached hydrogens (tertiary/aromatic N) is 2. The number of halogens is 1. The Labute approximate surface area is 115 Å². The van der Waals surface area contributed by atoms with Crippen molar-refractivity contribution in [3.05, 3.63) is 52.7 Å². The zero-order chi connectivity index (χ0) is 13.9. The molecule has 0 bridgehead atoms. The number of hydrogen-bond donors (Lipinski definition) is 0. The van der Waals surface area contributed by atoms with E-state index in [1.165, 1.54) is 16.8 Å². The highest BCUT2D eigenvalue weighted by Gasteiger charge is 2.19. The van der Waals surface area contributed by atoms with Gasteiger partial charge in [-0.2, -0.15) is 5.10 Å². The van der Waals surface area contributed by atoms with Crippen molar-refractivity contribution >= 4 is 0 Å². The molecule has 1 atom stereocenters. The molecule has 20 heavy (non-hydrogen) atoms. The number of benzene rings is 1. The lowest BCUT2D eigenvalue weighted by Crippen LogP contribution is -2.31. The SMILES string of the molecule is O=c1c(-c2ccc(F)cc2)ccnn1C1CCCCO1. The third kappa shape index (κ3) is 2.49. The van der Waals surface area contributed by atoms with Gasteiger partial charge in [0.15, 0.2) is 6.23 Å². The Kier molecular flexibility index (Phi) is 3.60. The molecule has 0 amide bonds. The summed E-state index contributed by atoms with van der Waals surface area (Å²) >= 11 is 0. The Morgan fingerprint density at radius 2 is 2.00 bits per heavy atom. The second-order valence-electron chi connectivity index (χ2n) is 4.82. The quantitative estimate of drug-likeness (QED) is 0.845. The fraction of sp³-hybridized carbons (Fsp3) is 0.333. The maximum Gasteiger partial charge on any atom is 0.277 e. The summed E-state index contributed by atoms with van der Waals surface area (Å²) in [5.74, 6) is -0.321. The summed E-state index contributed by atoms with van der Waals surface area (Å²) in [6.07, 6.45) is 4.12. The van der Waals surface area contributed by atoms with E-state index >= 15 is 0 Å². The molecule has 0 radical (unpaired) electrons. The van der Waals surface area contributed by atoms with Gasteiger partial charge in [-0.15, -0.1) is 0 Å². The first kappa shape index (κ1) is 13.0. The van der Waals surface area contributed by atoms with E-state index in [4.69, 9.17) is 4.74 Å². The van der Waals surface area contributed by atoms with Crippen LogP contribution >= 0.6 is 0 Å². The maximum atomic E-state index is 13.0. The van der Waals surface area contributed by atoms with Gasteiger partial charge < -0.3 is 4.74 Å². The van der Waals surface area contributed by atoms with E-state index < -0.39 is 0 Å². The predicted molar refractivity (Wildman–Crippen MR) is 72.7 cm³/mol. The van der Waals surface area contributed by atoms with E-state index in [0.29, 0.717) is 17.7 Å². The van der Waals surface area contributed by atoms with Gasteiger partial charge in [0.1, 0.15) is 5.82 Å². The van der Waals surface area contributed by atoms with Crippen molar-refractivity contribution in [2.45, 2.75) is 25.5 Å². The molecule has 1 unspecified atom stereocenters. The van der Waals surface area contributed by atoms with Crippen molar-refractivity contribution in [3.8, 4) is 11.1 Å². The van der Waals surface area contributed by atoms with Gasteiger partial charge in [0.25, 0.3) is 5.56 Å². The van der Waals surface area contributed by atoms with Crippen LogP contribution in [0.3, 0.4) is 0 Å². The molecule has 1 aliphatic heterocycles. The molecule has 5 heteroatoms. The summed E-state index contributed by atoms with van der Waals surface area (Å²) in [5, 5.41) is 4.11. The summed E-state index contributed by atoms with van der Waals surface area (Å²) in [7, 11) is 0. The van der Waals surface area contributed by atoms with Crippen LogP contribution in [-0.4, -0.2) is 16.4 Å². The van der Waals surface area contributed by atoms with Gasteiger partial charge in [0.05, 0.1) is 5.56 Å². The highest BCUT2D eigenvalue weighted by atomic mass is 19.1. The largest absolute Gasteiger partial charge is 0.356 e. The van der Waals surface area contributed by atoms with Crippen LogP contribution < -0.4 is 5.56 Å². The van der Waals surface area contributed by atoms with Crippen LogP contribution in [0, 0.1) is 5.82 Å². The van der Waals surface area contributed by atoms with E-state index in [0.717, 1.165) is 19.3 Å². The molecule has 1 saturated heterocycles. The molecule has 0 N–H and O–H groups in total. The smallest absolute Gasteiger partial charge is 0.277 e. The number of aromatic nitrogens is 2. The van der Waals surface area contributed by atoms with E-state index in [-0.39, 0.29) is 17.6 Å². The summed E-state index contributed by atoms with van der Waals surface area (Å²) < 4.78 is 19.9. The Morgan fingerprint density at radius 3 is 2.70 bits per heavy atom. The third-order valence-electron chi connectivity index (χ3n) is 3.45. The first-order valence-corrected chi connectivity index (χ1v) is 6.71. The normalized spacial score (nSPS) is 18.9. The third-order valence-corrected chi connectivity index (χ3v) is 3.45. The Balaban J connectivity index is 2.00. The summed E-state index contributed by atoms with van der Waals surface area (Å²) in [4.78, 5) is 12.5. The molecular weight excluding hydrogens is 259 g/mol. The molecule has 104 valence electrons. The number of hydrogen-bond acceptors (Lipinski definition) is 3. The molecule has 1 fully saturated rings. The molecule has 0 spiro atoms. The molecule has 3 rings (SSSR count). The lowest BCUT2D eigenvalue weighted by atomic mass is 10.1. The molecule has 0 saturated carbocycles. The fourth-order valence-corrected chi connectivity index (χ4v) is 2.40. The standard InChI is InChI=1S/C15H15FN2O2/c16-12-6-4-11(5-7-12)13-8-9-17-18(15(13)19)14-3-1-2-10-20-14/h4-9,14H,1-3,10H2. The van der Waals surface area contributed by atoms with Crippen molar-refractivity contribution in [1.29, 1.82) is 0 Å². The number of rotatable bonds is 2. The van der Waals surface area contributed by atoms with Gasteiger partial charge in [0, 0.05) is 12.8 Å². The minimum Gasteiger partial charge on any atom is -0.356 e. The van der Waals surface area contributed by atoms with Gasteiger partial charge in [0.2, 0.25) is 0 Å². The van der Waals surface area contributed by atoms with Crippen LogP contribution in [0.1, 0.15) is 25.5 Å². The van der Waals surface area contributed by atoms with Crippen molar-refractivity contribution < 1.29 is 9.13 Å². The lowest BCUT2D eigenvalue weighted by Gasteiger charge is -2.23. The lowest BCUT2D eigenvalue weighted by molar-refractivity contribution is -0.0423. The molecule has 2 heterocycles. The van der Waals surface area contributed by atoms with Gasteiger partial charge in [-0.3, -0.25) is 4.79 Å². The van der Waals surface area contributed by atoms with Gasteiger partial charge in [-0.05, 0) is 43.0 Å². The molecule has 1 aromatic carbocycles. The van der Waals surface area contributed by atoms with E-state index in [1.807, 2.05) is 0 Å². The van der Waals surface area contributed by atoms with Crippen LogP contribution in [0.5, 0.6) is 0 Å². The van der Waals surface area contributed by atoms with Gasteiger partial charge in [-0.25, -0.2) is 9.07 Å². The second kappa shape index (κ2) is 5.54. The van der Waals surface area contributed by atoms with Gasteiger partial charge in [-0.1, -0.05) is 12.1 Å². The van der Waals surface area contributed by atoms with Crippen LogP contribution in [0.15, 0.2) is 41.3 Å². The molecule has 1 aromatic heterocycles. The zero-order valence-corrected chi connectivity index (χ0v) is 11.0. The molecule has 4 nitrogen and oxygen atoms in total. The van der Waals surface area contributed by atoms with Crippen molar-refractivity contribution in [1.82, 2.24) is 9.78 Å². The van der Waals surface area contributed by atoms with Gasteiger partial charge >= 0.3 is 0 Å². The van der Waals surface area contributed by atoms with E-state index in [2.05, 4.69) is 5.10 Å². The fourth-order valence-electron chi connectivity index (χ4n) is 2.40. The average molecular weight is 274 g/mol. The molecule has 1 aliphatic rings. The van der Waals surface area contributed by atoms with Crippen molar-refractivity contribution in [2.24, 2.45) is 0 Å². The Bertz CT molecular complexity index is 646.